The maximum Gasteiger partial charge on any atom is 0.406 e. The lowest BCUT2D eigenvalue weighted by Crippen LogP contribution is -2.25. The zero-order valence-corrected chi connectivity index (χ0v) is 16.8. The molecule has 0 saturated carbocycles. The Morgan fingerprint density at radius 2 is 1.97 bits per heavy atom. The minimum atomic E-state index is -4.44. The third kappa shape index (κ3) is 4.91. The van der Waals surface area contributed by atoms with Gasteiger partial charge in [-0.1, -0.05) is 42.1 Å². The normalized spacial score (nSPS) is 13.3. The van der Waals surface area contributed by atoms with Gasteiger partial charge in [-0.05, 0) is 23.8 Å². The van der Waals surface area contributed by atoms with Crippen LogP contribution >= 0.6 is 11.8 Å². The van der Waals surface area contributed by atoms with Gasteiger partial charge in [-0.25, -0.2) is 4.98 Å². The minimum absolute atomic E-state index is 0.0955. The lowest BCUT2D eigenvalue weighted by molar-refractivity contribution is -0.141. The number of imidazole rings is 1. The van der Waals surface area contributed by atoms with E-state index in [2.05, 4.69) is 10.3 Å². The van der Waals surface area contributed by atoms with Crippen molar-refractivity contribution in [2.75, 3.05) is 17.7 Å². The van der Waals surface area contributed by atoms with Crippen LogP contribution in [-0.2, 0) is 11.3 Å². The molecule has 0 saturated heterocycles. The number of Topliss-reactive ketones (excluding diaryl/α,β-unsaturated/α-hetero) is 1. The summed E-state index contributed by atoms with van der Waals surface area (Å²) >= 11 is 0.928. The molecule has 0 spiro atoms. The highest BCUT2D eigenvalue weighted by Gasteiger charge is 2.31. The Kier molecular flexibility index (Phi) is 5.73. The van der Waals surface area contributed by atoms with Crippen molar-refractivity contribution in [3.8, 4) is 17.0 Å². The number of halogens is 3. The third-order valence-electron chi connectivity index (χ3n) is 4.49. The van der Waals surface area contributed by atoms with Crippen LogP contribution < -0.4 is 10.1 Å². The molecule has 1 aliphatic heterocycles. The number of alkyl halides is 3. The minimum Gasteiger partial charge on any atom is -0.482 e. The number of fused-ring (bicyclic) bond motifs is 1. The molecule has 0 aliphatic carbocycles. The van der Waals surface area contributed by atoms with Gasteiger partial charge in [0.1, 0.15) is 12.3 Å². The van der Waals surface area contributed by atoms with Gasteiger partial charge in [-0.3, -0.25) is 9.59 Å². The van der Waals surface area contributed by atoms with Gasteiger partial charge < -0.3 is 14.6 Å². The number of hydrogen-bond acceptors (Lipinski definition) is 5. The van der Waals surface area contributed by atoms with Gasteiger partial charge >= 0.3 is 6.18 Å². The summed E-state index contributed by atoms with van der Waals surface area (Å²) in [6.45, 7) is -1.31. The van der Waals surface area contributed by atoms with Crippen molar-refractivity contribution < 1.29 is 27.5 Å². The molecule has 0 unspecified atom stereocenters. The van der Waals surface area contributed by atoms with E-state index in [9.17, 15) is 22.8 Å². The fraction of sp³-hybridized carbons (Fsp3) is 0.190. The van der Waals surface area contributed by atoms with Crippen LogP contribution in [0.15, 0.2) is 59.9 Å². The number of amides is 1. The monoisotopic (exact) mass is 447 g/mol. The Hall–Kier alpha value is -3.27. The van der Waals surface area contributed by atoms with E-state index in [4.69, 9.17) is 4.74 Å². The smallest absolute Gasteiger partial charge is 0.406 e. The molecule has 0 radical (unpaired) electrons. The highest BCUT2D eigenvalue weighted by atomic mass is 32.2. The molecule has 10 heteroatoms. The first kappa shape index (κ1) is 21.0. The quantitative estimate of drug-likeness (QED) is 0.447. The molecule has 3 aromatic rings. The van der Waals surface area contributed by atoms with E-state index < -0.39 is 12.7 Å². The lowest BCUT2D eigenvalue weighted by Gasteiger charge is -2.18. The molecule has 1 N–H and O–H groups in total. The number of rotatable bonds is 6. The summed E-state index contributed by atoms with van der Waals surface area (Å²) in [6, 6.07) is 13.3. The van der Waals surface area contributed by atoms with Crippen molar-refractivity contribution in [3.05, 3.63) is 60.3 Å². The van der Waals surface area contributed by atoms with Crippen molar-refractivity contribution in [3.63, 3.8) is 0 Å². The first-order chi connectivity index (χ1) is 14.8. The average molecular weight is 447 g/mol. The Morgan fingerprint density at radius 1 is 1.19 bits per heavy atom. The molecule has 0 fully saturated rings. The molecule has 160 valence electrons. The first-order valence-corrected chi connectivity index (χ1v) is 10.2. The number of hydrogen-bond donors (Lipinski definition) is 1. The number of anilines is 1. The fourth-order valence-corrected chi connectivity index (χ4v) is 3.99. The maximum atomic E-state index is 13.2. The molecular formula is C21H16F3N3O3S. The number of aromatic nitrogens is 2. The Labute approximate surface area is 179 Å². The van der Waals surface area contributed by atoms with E-state index in [0.717, 1.165) is 16.3 Å². The van der Waals surface area contributed by atoms with Crippen LogP contribution in [0, 0.1) is 0 Å². The first-order valence-electron chi connectivity index (χ1n) is 9.20. The maximum absolute atomic E-state index is 13.2. The fourth-order valence-electron chi connectivity index (χ4n) is 3.12. The standard InChI is InChI=1S/C21H16F3N3O3S/c22-21(23,24)12-27-16(13-4-2-1-3-5-13)9-25-20(27)31-11-17(28)14-6-7-18-15(8-14)26-19(29)10-30-18/h1-9H,10-12H2,(H,26,29). The number of nitrogens with zero attached hydrogens (tertiary/aromatic N) is 2. The number of thioether (sulfide) groups is 1. The Bertz CT molecular complexity index is 1130. The van der Waals surface area contributed by atoms with Crippen LogP contribution in [0.3, 0.4) is 0 Å². The van der Waals surface area contributed by atoms with Gasteiger partial charge in [-0.15, -0.1) is 0 Å². The molecular weight excluding hydrogens is 431 g/mol. The molecule has 0 atom stereocenters. The number of benzene rings is 2. The van der Waals surface area contributed by atoms with Gasteiger partial charge in [0, 0.05) is 5.56 Å². The van der Waals surface area contributed by atoms with E-state index in [1.54, 1.807) is 42.5 Å². The summed E-state index contributed by atoms with van der Waals surface area (Å²) in [6.07, 6.45) is -3.07. The average Bonchev–Trinajstić information content (AvgIpc) is 3.12. The second-order valence-electron chi connectivity index (χ2n) is 6.75. The van der Waals surface area contributed by atoms with Crippen molar-refractivity contribution in [2.45, 2.75) is 17.9 Å². The largest absolute Gasteiger partial charge is 0.482 e. The summed E-state index contributed by atoms with van der Waals surface area (Å²) in [5.74, 6) is -0.294. The zero-order chi connectivity index (χ0) is 22.0. The van der Waals surface area contributed by atoms with E-state index in [0.29, 0.717) is 28.3 Å². The number of carbonyl (C=O) groups is 2. The summed E-state index contributed by atoms with van der Waals surface area (Å²) in [4.78, 5) is 28.2. The highest BCUT2D eigenvalue weighted by Crippen LogP contribution is 2.32. The van der Waals surface area contributed by atoms with Gasteiger partial charge in [0.25, 0.3) is 5.91 Å². The van der Waals surface area contributed by atoms with Gasteiger partial charge in [0.2, 0.25) is 0 Å². The molecule has 4 rings (SSSR count). The summed E-state index contributed by atoms with van der Waals surface area (Å²) < 4.78 is 45.9. The van der Waals surface area contributed by atoms with E-state index in [1.807, 2.05) is 0 Å². The number of nitrogens with one attached hydrogen (secondary N) is 1. The Morgan fingerprint density at radius 3 is 2.71 bits per heavy atom. The molecule has 2 heterocycles. The number of ether oxygens (including phenoxy) is 1. The van der Waals surface area contributed by atoms with Crippen molar-refractivity contribution in [2.24, 2.45) is 0 Å². The predicted molar refractivity (Wildman–Crippen MR) is 109 cm³/mol. The second kappa shape index (κ2) is 8.46. The summed E-state index contributed by atoms with van der Waals surface area (Å²) in [5, 5.41) is 2.72. The number of carbonyl (C=O) groups excluding carboxylic acids is 2. The van der Waals surface area contributed by atoms with E-state index in [-0.39, 0.29) is 29.2 Å². The molecule has 1 amide bonds. The zero-order valence-electron chi connectivity index (χ0n) is 16.0. The summed E-state index contributed by atoms with van der Waals surface area (Å²) in [7, 11) is 0. The third-order valence-corrected chi connectivity index (χ3v) is 5.48. The molecule has 31 heavy (non-hydrogen) atoms. The van der Waals surface area contributed by atoms with E-state index in [1.165, 1.54) is 12.3 Å². The summed E-state index contributed by atoms with van der Waals surface area (Å²) in [5.41, 5.74) is 1.62. The second-order valence-corrected chi connectivity index (χ2v) is 7.70. The topological polar surface area (TPSA) is 73.2 Å². The van der Waals surface area contributed by atoms with Crippen LogP contribution in [0.2, 0.25) is 0 Å². The van der Waals surface area contributed by atoms with Gasteiger partial charge in [0.05, 0.1) is 23.3 Å². The highest BCUT2D eigenvalue weighted by molar-refractivity contribution is 7.99. The molecule has 1 aromatic heterocycles. The van der Waals surface area contributed by atoms with Crippen LogP contribution in [-0.4, -0.2) is 39.8 Å². The van der Waals surface area contributed by atoms with Gasteiger partial charge in [-0.2, -0.15) is 13.2 Å². The molecule has 1 aliphatic rings. The van der Waals surface area contributed by atoms with Crippen LogP contribution in [0.4, 0.5) is 18.9 Å². The van der Waals surface area contributed by atoms with Gasteiger partial charge in [0.15, 0.2) is 17.5 Å². The lowest BCUT2D eigenvalue weighted by atomic mass is 10.1. The van der Waals surface area contributed by atoms with E-state index >= 15 is 0 Å². The molecule has 6 nitrogen and oxygen atoms in total. The van der Waals surface area contributed by atoms with Crippen molar-refractivity contribution in [1.82, 2.24) is 9.55 Å². The Balaban J connectivity index is 1.54. The van der Waals surface area contributed by atoms with Crippen molar-refractivity contribution in [1.29, 1.82) is 0 Å². The van der Waals surface area contributed by atoms with Crippen LogP contribution in [0.1, 0.15) is 10.4 Å². The number of ketones is 1. The van der Waals surface area contributed by atoms with Crippen molar-refractivity contribution >= 4 is 29.1 Å². The predicted octanol–water partition coefficient (Wildman–Crippen LogP) is 4.42. The molecule has 0 bridgehead atoms. The van der Waals surface area contributed by atoms with Crippen LogP contribution in [0.5, 0.6) is 5.75 Å². The molecule has 2 aromatic carbocycles. The van der Waals surface area contributed by atoms with Crippen LogP contribution in [0.25, 0.3) is 11.3 Å². The SMILES string of the molecule is O=C1COc2ccc(C(=O)CSc3ncc(-c4ccccc4)n3CC(F)(F)F)cc2N1.